The zero-order valence-electron chi connectivity index (χ0n) is 15.9. The fourth-order valence-electron chi connectivity index (χ4n) is 3.39. The Kier molecular flexibility index (Phi) is 10.7. The van der Waals surface area contributed by atoms with Crippen molar-refractivity contribution in [3.8, 4) is 0 Å². The molecule has 0 heterocycles. The Bertz CT molecular complexity index is 448. The lowest BCUT2D eigenvalue weighted by Crippen LogP contribution is -1.99. The molecule has 0 unspecified atom stereocenters. The van der Waals surface area contributed by atoms with Gasteiger partial charge in [-0.05, 0) is 61.4 Å². The Hall–Kier alpha value is -0.490. The molecule has 0 aromatic heterocycles. The van der Waals surface area contributed by atoms with E-state index in [1.807, 2.05) is 0 Å². The van der Waals surface area contributed by atoms with Crippen molar-refractivity contribution in [2.24, 2.45) is 0 Å². The summed E-state index contributed by atoms with van der Waals surface area (Å²) < 4.78 is 0. The Balaban J connectivity index is 2.22. The minimum atomic E-state index is 0.637. The molecule has 132 valence electrons. The van der Waals surface area contributed by atoms with E-state index in [-0.39, 0.29) is 0 Å². The van der Waals surface area contributed by atoms with Crippen LogP contribution in [0.3, 0.4) is 0 Å². The van der Waals surface area contributed by atoms with Crippen molar-refractivity contribution in [2.45, 2.75) is 104 Å². The number of hydrogen-bond donors (Lipinski definition) is 0. The highest BCUT2D eigenvalue weighted by atomic mass is 35.5. The van der Waals surface area contributed by atoms with E-state index in [1.165, 1.54) is 98.4 Å². The van der Waals surface area contributed by atoms with Crippen LogP contribution in [0.1, 0.15) is 98.9 Å². The number of benzene rings is 1. The van der Waals surface area contributed by atoms with Gasteiger partial charge in [0.05, 0.1) is 0 Å². The highest BCUT2D eigenvalue weighted by Crippen LogP contribution is 2.24. The first-order chi connectivity index (χ1) is 11.1. The topological polar surface area (TPSA) is 0 Å². The van der Waals surface area contributed by atoms with Gasteiger partial charge < -0.3 is 0 Å². The van der Waals surface area contributed by atoms with Crippen LogP contribution in [0.2, 0.25) is 0 Å². The van der Waals surface area contributed by atoms with Crippen molar-refractivity contribution in [1.29, 1.82) is 0 Å². The molecule has 1 aromatic rings. The summed E-state index contributed by atoms with van der Waals surface area (Å²) in [6.45, 7) is 8.99. The van der Waals surface area contributed by atoms with E-state index >= 15 is 0 Å². The number of unbranched alkanes of at least 4 members (excludes halogenated alkanes) is 9. The molecule has 0 saturated heterocycles. The molecule has 0 atom stereocenters. The van der Waals surface area contributed by atoms with Gasteiger partial charge in [0.2, 0.25) is 0 Å². The van der Waals surface area contributed by atoms with Crippen LogP contribution in [-0.2, 0) is 12.3 Å². The van der Waals surface area contributed by atoms with Crippen molar-refractivity contribution in [3.63, 3.8) is 0 Å². The lowest BCUT2D eigenvalue weighted by atomic mass is 9.92. The van der Waals surface area contributed by atoms with Crippen molar-refractivity contribution < 1.29 is 0 Å². The van der Waals surface area contributed by atoms with E-state index in [1.54, 1.807) is 0 Å². The second kappa shape index (κ2) is 12.0. The monoisotopic (exact) mass is 336 g/mol. The molecular weight excluding hydrogens is 300 g/mol. The third-order valence-electron chi connectivity index (χ3n) is 5.38. The second-order valence-electron chi connectivity index (χ2n) is 7.14. The van der Waals surface area contributed by atoms with E-state index < -0.39 is 0 Å². The third kappa shape index (κ3) is 7.29. The lowest BCUT2D eigenvalue weighted by Gasteiger charge is -2.15. The van der Waals surface area contributed by atoms with E-state index in [4.69, 9.17) is 11.6 Å². The van der Waals surface area contributed by atoms with Gasteiger partial charge in [0, 0.05) is 5.88 Å². The number of halogens is 1. The Labute approximate surface area is 150 Å². The highest BCUT2D eigenvalue weighted by Gasteiger charge is 2.08. The molecule has 0 aliphatic carbocycles. The molecular formula is C22H37Cl. The van der Waals surface area contributed by atoms with E-state index in [2.05, 4.69) is 33.8 Å². The minimum Gasteiger partial charge on any atom is -0.122 e. The molecule has 0 saturated carbocycles. The van der Waals surface area contributed by atoms with Crippen LogP contribution in [0.25, 0.3) is 0 Å². The Morgan fingerprint density at radius 3 is 1.65 bits per heavy atom. The van der Waals surface area contributed by atoms with Crippen molar-refractivity contribution in [1.82, 2.24) is 0 Å². The average Bonchev–Trinajstić information content (AvgIpc) is 2.56. The quantitative estimate of drug-likeness (QED) is 0.269. The maximum Gasteiger partial charge on any atom is 0.0476 e. The summed E-state index contributed by atoms with van der Waals surface area (Å²) in [5.41, 5.74) is 7.13. The van der Waals surface area contributed by atoms with Gasteiger partial charge in [-0.1, -0.05) is 70.8 Å². The Morgan fingerprint density at radius 2 is 1.13 bits per heavy atom. The van der Waals surface area contributed by atoms with Crippen LogP contribution in [0.15, 0.2) is 6.07 Å². The summed E-state index contributed by atoms with van der Waals surface area (Å²) >= 11 is 6.09. The lowest BCUT2D eigenvalue weighted by molar-refractivity contribution is 0.556. The van der Waals surface area contributed by atoms with Crippen molar-refractivity contribution in [2.75, 3.05) is 0 Å². The predicted molar refractivity (Wildman–Crippen MR) is 106 cm³/mol. The molecule has 0 nitrogen and oxygen atoms in total. The first-order valence-corrected chi connectivity index (χ1v) is 10.3. The third-order valence-corrected chi connectivity index (χ3v) is 5.67. The molecule has 0 fully saturated rings. The van der Waals surface area contributed by atoms with E-state index in [9.17, 15) is 0 Å². The van der Waals surface area contributed by atoms with Gasteiger partial charge in [0.25, 0.3) is 0 Å². The van der Waals surface area contributed by atoms with Gasteiger partial charge in [-0.25, -0.2) is 0 Å². The van der Waals surface area contributed by atoms with Crippen LogP contribution in [0.4, 0.5) is 0 Å². The minimum absolute atomic E-state index is 0.637. The normalized spacial score (nSPS) is 11.2. The molecule has 1 heteroatoms. The second-order valence-corrected chi connectivity index (χ2v) is 7.40. The molecule has 23 heavy (non-hydrogen) atoms. The molecule has 0 aliphatic heterocycles. The first-order valence-electron chi connectivity index (χ1n) is 9.76. The van der Waals surface area contributed by atoms with Crippen LogP contribution in [0, 0.1) is 20.8 Å². The molecule has 0 radical (unpaired) electrons. The summed E-state index contributed by atoms with van der Waals surface area (Å²) in [4.78, 5) is 0. The fourth-order valence-corrected chi connectivity index (χ4v) is 3.67. The van der Waals surface area contributed by atoms with Crippen LogP contribution in [0.5, 0.6) is 0 Å². The van der Waals surface area contributed by atoms with Crippen molar-refractivity contribution in [3.05, 3.63) is 33.9 Å². The van der Waals surface area contributed by atoms with Gasteiger partial charge in [0.1, 0.15) is 0 Å². The largest absolute Gasteiger partial charge is 0.122 e. The van der Waals surface area contributed by atoms with Gasteiger partial charge >= 0.3 is 0 Å². The fraction of sp³-hybridized carbons (Fsp3) is 0.727. The van der Waals surface area contributed by atoms with Crippen LogP contribution >= 0.6 is 11.6 Å². The summed E-state index contributed by atoms with van der Waals surface area (Å²) in [6, 6.07) is 2.35. The number of aryl methyl sites for hydroxylation is 1. The summed E-state index contributed by atoms with van der Waals surface area (Å²) in [6.07, 6.45) is 15.3. The van der Waals surface area contributed by atoms with Gasteiger partial charge in [-0.2, -0.15) is 0 Å². The summed E-state index contributed by atoms with van der Waals surface area (Å²) in [7, 11) is 0. The molecule has 0 N–H and O–H groups in total. The number of hydrogen-bond acceptors (Lipinski definition) is 0. The summed E-state index contributed by atoms with van der Waals surface area (Å²) in [5, 5.41) is 0. The molecule has 1 aromatic carbocycles. The standard InChI is InChI=1S/C22H37Cl/c1-5-6-7-8-9-10-11-12-13-14-15-21-16-22(17-23)20(4)18(2)19(21)3/h16H,5-15,17H2,1-4H3. The van der Waals surface area contributed by atoms with E-state index in [0.717, 1.165) is 0 Å². The van der Waals surface area contributed by atoms with Gasteiger partial charge in [-0.15, -0.1) is 11.6 Å². The molecule has 0 bridgehead atoms. The maximum absolute atomic E-state index is 6.09. The zero-order valence-corrected chi connectivity index (χ0v) is 16.7. The zero-order chi connectivity index (χ0) is 17.1. The predicted octanol–water partition coefficient (Wildman–Crippen LogP) is 7.81. The van der Waals surface area contributed by atoms with Gasteiger partial charge in [0.15, 0.2) is 0 Å². The SMILES string of the molecule is CCCCCCCCCCCCc1cc(CCl)c(C)c(C)c1C. The smallest absolute Gasteiger partial charge is 0.0476 e. The van der Waals surface area contributed by atoms with E-state index in [0.29, 0.717) is 5.88 Å². The number of alkyl halides is 1. The van der Waals surface area contributed by atoms with Crippen LogP contribution < -0.4 is 0 Å². The summed E-state index contributed by atoms with van der Waals surface area (Å²) in [5.74, 6) is 0.637. The molecule has 1 rings (SSSR count). The Morgan fingerprint density at radius 1 is 0.652 bits per heavy atom. The van der Waals surface area contributed by atoms with Gasteiger partial charge in [-0.3, -0.25) is 0 Å². The maximum atomic E-state index is 6.09. The molecule has 0 spiro atoms. The van der Waals surface area contributed by atoms with Crippen molar-refractivity contribution >= 4 is 11.6 Å². The van der Waals surface area contributed by atoms with Crippen LogP contribution in [-0.4, -0.2) is 0 Å². The molecule has 0 amide bonds. The first kappa shape index (κ1) is 20.6. The average molecular weight is 337 g/mol. The highest BCUT2D eigenvalue weighted by molar-refractivity contribution is 6.17. The molecule has 0 aliphatic rings. The number of rotatable bonds is 12.